The molecule has 6 nitrogen and oxygen atoms in total. The lowest BCUT2D eigenvalue weighted by Gasteiger charge is -2.30. The largest absolute Gasteiger partial charge is 0.444 e. The highest BCUT2D eigenvalue weighted by Gasteiger charge is 2.32. The molecule has 1 heterocycles. The van der Waals surface area contributed by atoms with Crippen LogP contribution in [0.5, 0.6) is 0 Å². The maximum absolute atomic E-state index is 12.2. The molecule has 6 heteroatoms. The minimum absolute atomic E-state index is 0.176. The average molecular weight is 302 g/mol. The summed E-state index contributed by atoms with van der Waals surface area (Å²) in [5, 5.41) is 0. The Bertz CT molecular complexity index is 317. The molecule has 21 heavy (non-hydrogen) atoms. The van der Waals surface area contributed by atoms with Crippen molar-refractivity contribution >= 4 is 6.09 Å². The summed E-state index contributed by atoms with van der Waals surface area (Å²) in [6.45, 7) is 9.58. The lowest BCUT2D eigenvalue weighted by Crippen LogP contribution is -2.42. The maximum atomic E-state index is 12.2. The number of hydrogen-bond acceptors (Lipinski definition) is 5. The highest BCUT2D eigenvalue weighted by molar-refractivity contribution is 5.68. The molecule has 0 aromatic rings. The van der Waals surface area contributed by atoms with E-state index < -0.39 is 5.60 Å². The van der Waals surface area contributed by atoms with Gasteiger partial charge in [0.05, 0.1) is 13.2 Å². The summed E-state index contributed by atoms with van der Waals surface area (Å²) in [6.07, 6.45) is 2.69. The van der Waals surface area contributed by atoms with Gasteiger partial charge in [0, 0.05) is 25.7 Å². The smallest absolute Gasteiger partial charge is 0.410 e. The first-order valence-corrected chi connectivity index (χ1v) is 7.69. The molecule has 0 bridgehead atoms. The Morgan fingerprint density at radius 1 is 1.38 bits per heavy atom. The second-order valence-electron chi connectivity index (χ2n) is 6.57. The molecule has 0 aliphatic carbocycles. The van der Waals surface area contributed by atoms with E-state index >= 15 is 0 Å². The Kier molecular flexibility index (Phi) is 7.42. The molecule has 0 aromatic carbocycles. The van der Waals surface area contributed by atoms with Crippen LogP contribution in [0.15, 0.2) is 0 Å². The molecule has 1 N–H and O–H groups in total. The lowest BCUT2D eigenvalue weighted by atomic mass is 10.1. The van der Waals surface area contributed by atoms with Gasteiger partial charge in [-0.3, -0.25) is 4.84 Å². The van der Waals surface area contributed by atoms with E-state index in [0.29, 0.717) is 13.2 Å². The van der Waals surface area contributed by atoms with Gasteiger partial charge in [-0.05, 0) is 47.0 Å². The fourth-order valence-electron chi connectivity index (χ4n) is 2.42. The first-order valence-electron chi connectivity index (χ1n) is 7.69. The summed E-state index contributed by atoms with van der Waals surface area (Å²) in [4.78, 5) is 19.3. The van der Waals surface area contributed by atoms with Gasteiger partial charge >= 0.3 is 6.09 Å². The van der Waals surface area contributed by atoms with E-state index in [0.717, 1.165) is 25.8 Å². The van der Waals surface area contributed by atoms with Gasteiger partial charge in [-0.2, -0.15) is 5.48 Å². The zero-order valence-electron chi connectivity index (χ0n) is 14.0. The van der Waals surface area contributed by atoms with Crippen molar-refractivity contribution in [1.29, 1.82) is 0 Å². The first-order chi connectivity index (χ1) is 9.83. The molecule has 0 spiro atoms. The van der Waals surface area contributed by atoms with Crippen LogP contribution in [0.4, 0.5) is 4.79 Å². The molecule has 1 saturated heterocycles. The summed E-state index contributed by atoms with van der Waals surface area (Å²) < 4.78 is 10.4. The quantitative estimate of drug-likeness (QED) is 0.578. The van der Waals surface area contributed by atoms with Crippen molar-refractivity contribution in [3.63, 3.8) is 0 Å². The number of hydrogen-bond donors (Lipinski definition) is 1. The van der Waals surface area contributed by atoms with Gasteiger partial charge < -0.3 is 14.4 Å². The fraction of sp³-hybridized carbons (Fsp3) is 0.933. The SMILES string of the molecule is COCCONC(C)CC1CCCN1C(=O)OC(C)(C)C. The fourth-order valence-corrected chi connectivity index (χ4v) is 2.42. The minimum atomic E-state index is -0.447. The summed E-state index contributed by atoms with van der Waals surface area (Å²) in [7, 11) is 1.64. The Morgan fingerprint density at radius 3 is 2.71 bits per heavy atom. The van der Waals surface area contributed by atoms with Crippen molar-refractivity contribution < 1.29 is 19.1 Å². The second kappa shape index (κ2) is 8.56. The molecule has 0 radical (unpaired) electrons. The van der Waals surface area contributed by atoms with Gasteiger partial charge in [-0.15, -0.1) is 0 Å². The van der Waals surface area contributed by atoms with E-state index in [-0.39, 0.29) is 18.2 Å². The molecule has 2 unspecified atom stereocenters. The maximum Gasteiger partial charge on any atom is 0.410 e. The van der Waals surface area contributed by atoms with Crippen molar-refractivity contribution in [3.8, 4) is 0 Å². The van der Waals surface area contributed by atoms with Crippen molar-refractivity contribution in [2.24, 2.45) is 0 Å². The van der Waals surface area contributed by atoms with Gasteiger partial charge in [-0.25, -0.2) is 4.79 Å². The van der Waals surface area contributed by atoms with Crippen LogP contribution >= 0.6 is 0 Å². The number of amides is 1. The number of likely N-dealkylation sites (tertiary alicyclic amines) is 1. The van der Waals surface area contributed by atoms with Gasteiger partial charge in [0.1, 0.15) is 5.60 Å². The number of ether oxygens (including phenoxy) is 2. The predicted molar refractivity (Wildman–Crippen MR) is 81.0 cm³/mol. The van der Waals surface area contributed by atoms with Gasteiger partial charge in [-0.1, -0.05) is 0 Å². The Balaban J connectivity index is 2.37. The normalized spacial score (nSPS) is 20.6. The lowest BCUT2D eigenvalue weighted by molar-refractivity contribution is -0.0156. The third-order valence-corrected chi connectivity index (χ3v) is 3.30. The van der Waals surface area contributed by atoms with Crippen LogP contribution in [-0.4, -0.2) is 55.5 Å². The molecule has 0 aromatic heterocycles. The van der Waals surface area contributed by atoms with E-state index in [2.05, 4.69) is 12.4 Å². The number of nitrogens with zero attached hydrogens (tertiary/aromatic N) is 1. The third-order valence-electron chi connectivity index (χ3n) is 3.30. The number of carbonyl (C=O) groups is 1. The molecule has 1 aliphatic heterocycles. The highest BCUT2D eigenvalue weighted by Crippen LogP contribution is 2.23. The standard InChI is InChI=1S/C15H30N2O4/c1-12(16-20-10-9-19-5)11-13-7-6-8-17(13)14(18)21-15(2,3)4/h12-13,16H,6-11H2,1-5H3. The minimum Gasteiger partial charge on any atom is -0.444 e. The van der Waals surface area contributed by atoms with Crippen molar-refractivity contribution in [1.82, 2.24) is 10.4 Å². The van der Waals surface area contributed by atoms with E-state index in [1.807, 2.05) is 25.7 Å². The number of hydroxylamine groups is 1. The monoisotopic (exact) mass is 302 g/mol. The first kappa shape index (κ1) is 18.2. The molecule has 1 aliphatic rings. The summed E-state index contributed by atoms with van der Waals surface area (Å²) >= 11 is 0. The Hall–Kier alpha value is -0.850. The summed E-state index contributed by atoms with van der Waals surface area (Å²) in [5.41, 5.74) is 2.55. The van der Waals surface area contributed by atoms with Crippen LogP contribution in [0.25, 0.3) is 0 Å². The Morgan fingerprint density at radius 2 is 2.10 bits per heavy atom. The van der Waals surface area contributed by atoms with Crippen molar-refractivity contribution in [2.75, 3.05) is 26.9 Å². The van der Waals surface area contributed by atoms with E-state index in [9.17, 15) is 4.79 Å². The van der Waals surface area contributed by atoms with Gasteiger partial charge in [0.15, 0.2) is 0 Å². The summed E-state index contributed by atoms with van der Waals surface area (Å²) in [6, 6.07) is 0.392. The topological polar surface area (TPSA) is 60.0 Å². The molecular formula is C15H30N2O4. The van der Waals surface area contributed by atoms with E-state index in [4.69, 9.17) is 14.3 Å². The van der Waals surface area contributed by atoms with Crippen LogP contribution < -0.4 is 5.48 Å². The molecule has 0 saturated carbocycles. The van der Waals surface area contributed by atoms with Crippen LogP contribution in [-0.2, 0) is 14.3 Å². The zero-order valence-corrected chi connectivity index (χ0v) is 14.0. The summed E-state index contributed by atoms with van der Waals surface area (Å²) in [5.74, 6) is 0. The molecule has 1 fully saturated rings. The number of nitrogens with one attached hydrogen (secondary N) is 1. The molecule has 124 valence electrons. The number of rotatable bonds is 7. The van der Waals surface area contributed by atoms with Crippen LogP contribution in [0.1, 0.15) is 47.0 Å². The average Bonchev–Trinajstić information content (AvgIpc) is 2.81. The van der Waals surface area contributed by atoms with Crippen LogP contribution in [0.2, 0.25) is 0 Å². The van der Waals surface area contributed by atoms with E-state index in [1.54, 1.807) is 7.11 Å². The molecule has 2 atom stereocenters. The Labute approximate surface area is 128 Å². The highest BCUT2D eigenvalue weighted by atomic mass is 16.7. The van der Waals surface area contributed by atoms with Gasteiger partial charge in [0.25, 0.3) is 0 Å². The van der Waals surface area contributed by atoms with Crippen molar-refractivity contribution in [3.05, 3.63) is 0 Å². The number of methoxy groups -OCH3 is 1. The van der Waals surface area contributed by atoms with Crippen LogP contribution in [0, 0.1) is 0 Å². The molecule has 1 rings (SSSR count). The molecule has 1 amide bonds. The van der Waals surface area contributed by atoms with Gasteiger partial charge in [0.2, 0.25) is 0 Å². The second-order valence-corrected chi connectivity index (χ2v) is 6.57. The van der Waals surface area contributed by atoms with Crippen LogP contribution in [0.3, 0.4) is 0 Å². The predicted octanol–water partition coefficient (Wildman–Crippen LogP) is 2.33. The third kappa shape index (κ3) is 7.11. The number of carbonyl (C=O) groups excluding carboxylic acids is 1. The van der Waals surface area contributed by atoms with E-state index in [1.165, 1.54) is 0 Å². The molecular weight excluding hydrogens is 272 g/mol. The zero-order chi connectivity index (χ0) is 15.9. The van der Waals surface area contributed by atoms with Crippen molar-refractivity contribution in [2.45, 2.75) is 64.6 Å².